The molecule has 12 heteroatoms. The number of fused-ring (bicyclic) bond motifs is 1. The smallest absolute Gasteiger partial charge is 0.362 e. The first kappa shape index (κ1) is 22.7. The maximum Gasteiger partial charge on any atom is 0.410 e. The van der Waals surface area contributed by atoms with E-state index in [1.807, 2.05) is 6.92 Å². The van der Waals surface area contributed by atoms with E-state index in [9.17, 15) is 18.0 Å². The molecule has 2 N–H and O–H groups in total. The maximum absolute atomic E-state index is 13.9. The summed E-state index contributed by atoms with van der Waals surface area (Å²) in [6.07, 6.45) is -3.24. The molecule has 2 aromatic heterocycles. The third-order valence-electron chi connectivity index (χ3n) is 5.56. The van der Waals surface area contributed by atoms with Gasteiger partial charge in [0.25, 0.3) is 5.91 Å². The minimum atomic E-state index is -4.57. The Morgan fingerprint density at radius 3 is 2.62 bits per heavy atom. The monoisotopic (exact) mass is 530 g/mol. The van der Waals surface area contributed by atoms with Crippen LogP contribution in [0.5, 0.6) is 0 Å². The molecule has 170 valence electrons. The van der Waals surface area contributed by atoms with Crippen molar-refractivity contribution in [3.05, 3.63) is 62.5 Å². The number of aromatic nitrogens is 4. The molecule has 0 saturated heterocycles. The van der Waals surface area contributed by atoms with Gasteiger partial charge in [0, 0.05) is 35.7 Å². The van der Waals surface area contributed by atoms with Crippen LogP contribution in [-0.2, 0) is 13.6 Å². The molecule has 0 radical (unpaired) electrons. The highest BCUT2D eigenvalue weighted by molar-refractivity contribution is 9.10. The zero-order valence-corrected chi connectivity index (χ0v) is 19.4. The standard InChI is InChI=1S/C20H19BrClF3N6O/c1-10-12(9-27-30(10)2)8-26-19(32)17-16(22)18-28-14(11-3-5-13(21)6-4-11)7-15(20(23,24)25)31(18)29-17/h3-6,9,14-15,28H,7-8H2,1-2H3,(H,26,32)/t14-,15+/m1/s1. The van der Waals surface area contributed by atoms with Gasteiger partial charge in [-0.2, -0.15) is 23.4 Å². The van der Waals surface area contributed by atoms with Crippen LogP contribution in [-0.4, -0.2) is 31.6 Å². The first-order chi connectivity index (χ1) is 15.1. The molecule has 7 nitrogen and oxygen atoms in total. The lowest BCUT2D eigenvalue weighted by atomic mass is 9.97. The fourth-order valence-electron chi connectivity index (χ4n) is 3.63. The molecular weight excluding hydrogens is 513 g/mol. The number of carbonyl (C=O) groups is 1. The van der Waals surface area contributed by atoms with Crippen LogP contribution in [0.3, 0.4) is 0 Å². The largest absolute Gasteiger partial charge is 0.410 e. The lowest BCUT2D eigenvalue weighted by Crippen LogP contribution is -2.35. The highest BCUT2D eigenvalue weighted by atomic mass is 79.9. The van der Waals surface area contributed by atoms with Crippen molar-refractivity contribution < 1.29 is 18.0 Å². The summed E-state index contributed by atoms with van der Waals surface area (Å²) < 4.78 is 44.9. The van der Waals surface area contributed by atoms with Crippen LogP contribution in [0.4, 0.5) is 19.0 Å². The van der Waals surface area contributed by atoms with Crippen molar-refractivity contribution in [2.75, 3.05) is 5.32 Å². The molecule has 0 bridgehead atoms. The fraction of sp³-hybridized carbons (Fsp3) is 0.350. The second-order valence-electron chi connectivity index (χ2n) is 7.56. The van der Waals surface area contributed by atoms with Crippen LogP contribution in [0.1, 0.15) is 45.8 Å². The number of amides is 1. The Labute approximate surface area is 195 Å². The molecule has 0 fully saturated rings. The van der Waals surface area contributed by atoms with Crippen LogP contribution in [0.15, 0.2) is 34.9 Å². The summed E-state index contributed by atoms with van der Waals surface area (Å²) in [5.74, 6) is -0.695. The third kappa shape index (κ3) is 4.23. The van der Waals surface area contributed by atoms with Gasteiger partial charge in [0.05, 0.1) is 12.2 Å². The normalized spacial score (nSPS) is 18.2. The number of hydrogen-bond donors (Lipinski definition) is 2. The lowest BCUT2D eigenvalue weighted by molar-refractivity contribution is -0.173. The molecule has 2 atom stereocenters. The summed E-state index contributed by atoms with van der Waals surface area (Å²) in [6.45, 7) is 1.99. The minimum Gasteiger partial charge on any atom is -0.362 e. The topological polar surface area (TPSA) is 76.8 Å². The Bertz CT molecular complexity index is 1160. The van der Waals surface area contributed by atoms with E-state index in [1.54, 1.807) is 42.2 Å². The van der Waals surface area contributed by atoms with E-state index in [-0.39, 0.29) is 29.5 Å². The van der Waals surface area contributed by atoms with Crippen LogP contribution in [0, 0.1) is 6.92 Å². The van der Waals surface area contributed by atoms with Crippen LogP contribution >= 0.6 is 27.5 Å². The number of carbonyl (C=O) groups excluding carboxylic acids is 1. The molecule has 1 aromatic carbocycles. The molecule has 4 rings (SSSR count). The van der Waals surface area contributed by atoms with E-state index in [1.165, 1.54) is 0 Å². The van der Waals surface area contributed by atoms with Gasteiger partial charge in [0.1, 0.15) is 10.8 Å². The summed E-state index contributed by atoms with van der Waals surface area (Å²) in [4.78, 5) is 12.7. The van der Waals surface area contributed by atoms with Gasteiger partial charge >= 0.3 is 6.18 Å². The van der Waals surface area contributed by atoms with Crippen molar-refractivity contribution in [1.82, 2.24) is 24.9 Å². The van der Waals surface area contributed by atoms with Crippen molar-refractivity contribution in [3.63, 3.8) is 0 Å². The van der Waals surface area contributed by atoms with Gasteiger partial charge in [-0.15, -0.1) is 0 Å². The second kappa shape index (κ2) is 8.43. The van der Waals surface area contributed by atoms with Gasteiger partial charge in [-0.25, -0.2) is 4.68 Å². The van der Waals surface area contributed by atoms with Gasteiger partial charge in [0.2, 0.25) is 0 Å². The third-order valence-corrected chi connectivity index (χ3v) is 6.45. The molecule has 3 heterocycles. The summed E-state index contributed by atoms with van der Waals surface area (Å²) in [5, 5.41) is 13.6. The van der Waals surface area contributed by atoms with E-state index < -0.39 is 24.2 Å². The Hall–Kier alpha value is -2.53. The van der Waals surface area contributed by atoms with Crippen LogP contribution in [0.25, 0.3) is 0 Å². The fourth-order valence-corrected chi connectivity index (χ4v) is 4.15. The van der Waals surface area contributed by atoms with Crippen molar-refractivity contribution in [3.8, 4) is 0 Å². The number of aryl methyl sites for hydroxylation is 1. The Morgan fingerprint density at radius 1 is 1.34 bits per heavy atom. The molecule has 0 unspecified atom stereocenters. The van der Waals surface area contributed by atoms with Gasteiger partial charge in [-0.3, -0.25) is 9.48 Å². The highest BCUT2D eigenvalue weighted by Gasteiger charge is 2.47. The number of nitrogens with zero attached hydrogens (tertiary/aromatic N) is 4. The van der Waals surface area contributed by atoms with Gasteiger partial charge in [-0.05, 0) is 24.6 Å². The summed E-state index contributed by atoms with van der Waals surface area (Å²) in [7, 11) is 1.77. The number of halogens is 5. The van der Waals surface area contributed by atoms with E-state index in [4.69, 9.17) is 11.6 Å². The van der Waals surface area contributed by atoms with Crippen molar-refractivity contribution >= 4 is 39.3 Å². The Kier molecular flexibility index (Phi) is 5.97. The van der Waals surface area contributed by atoms with E-state index >= 15 is 0 Å². The van der Waals surface area contributed by atoms with Crippen molar-refractivity contribution in [2.24, 2.45) is 7.05 Å². The van der Waals surface area contributed by atoms with Crippen LogP contribution in [0.2, 0.25) is 5.02 Å². The molecular formula is C20H19BrClF3N6O. The summed E-state index contributed by atoms with van der Waals surface area (Å²) in [5.41, 5.74) is 2.05. The van der Waals surface area contributed by atoms with Crippen molar-refractivity contribution in [2.45, 2.75) is 38.1 Å². The molecule has 0 spiro atoms. The number of nitrogens with one attached hydrogen (secondary N) is 2. The molecule has 32 heavy (non-hydrogen) atoms. The zero-order chi connectivity index (χ0) is 23.2. The number of anilines is 1. The predicted octanol–water partition coefficient (Wildman–Crippen LogP) is 4.93. The van der Waals surface area contributed by atoms with Crippen LogP contribution < -0.4 is 10.6 Å². The average Bonchev–Trinajstić information content (AvgIpc) is 3.25. The lowest BCUT2D eigenvalue weighted by Gasteiger charge is -2.33. The maximum atomic E-state index is 13.9. The molecule has 3 aromatic rings. The molecule has 0 aliphatic carbocycles. The summed E-state index contributed by atoms with van der Waals surface area (Å²) in [6, 6.07) is 4.41. The zero-order valence-electron chi connectivity index (χ0n) is 17.0. The van der Waals surface area contributed by atoms with E-state index in [0.717, 1.165) is 20.4 Å². The quantitative estimate of drug-likeness (QED) is 0.501. The second-order valence-corrected chi connectivity index (χ2v) is 8.85. The van der Waals surface area contributed by atoms with E-state index in [0.29, 0.717) is 5.56 Å². The Balaban J connectivity index is 1.63. The molecule has 1 amide bonds. The predicted molar refractivity (Wildman–Crippen MR) is 117 cm³/mol. The Morgan fingerprint density at radius 2 is 2.03 bits per heavy atom. The molecule has 1 aliphatic heterocycles. The molecule has 1 aliphatic rings. The van der Waals surface area contributed by atoms with Gasteiger partial charge in [-0.1, -0.05) is 39.7 Å². The highest BCUT2D eigenvalue weighted by Crippen LogP contribution is 2.46. The SMILES string of the molecule is Cc1c(CNC(=O)c2nn3c(c2Cl)N[C@@H](c2ccc(Br)cc2)C[C@H]3C(F)(F)F)cnn1C. The number of benzene rings is 1. The summed E-state index contributed by atoms with van der Waals surface area (Å²) >= 11 is 9.67. The van der Waals surface area contributed by atoms with Crippen molar-refractivity contribution in [1.29, 1.82) is 0 Å². The minimum absolute atomic E-state index is 0.0316. The first-order valence-electron chi connectivity index (χ1n) is 9.68. The molecule has 0 saturated carbocycles. The van der Waals surface area contributed by atoms with Gasteiger partial charge in [0.15, 0.2) is 11.7 Å². The first-order valence-corrected chi connectivity index (χ1v) is 10.9. The number of rotatable bonds is 4. The van der Waals surface area contributed by atoms with E-state index in [2.05, 4.69) is 36.8 Å². The number of hydrogen-bond acceptors (Lipinski definition) is 4. The number of alkyl halides is 3. The van der Waals surface area contributed by atoms with Gasteiger partial charge < -0.3 is 10.6 Å². The average molecular weight is 532 g/mol.